The van der Waals surface area contributed by atoms with Crippen LogP contribution in [0, 0.1) is 0 Å². The average molecular weight is 242 g/mol. The lowest BCUT2D eigenvalue weighted by atomic mass is 9.90. The van der Waals surface area contributed by atoms with Crippen LogP contribution in [0.25, 0.3) is 0 Å². The van der Waals surface area contributed by atoms with Crippen LogP contribution in [0.2, 0.25) is 0 Å². The largest absolute Gasteiger partial charge is 0.480 e. The van der Waals surface area contributed by atoms with Crippen molar-refractivity contribution in [3.63, 3.8) is 0 Å². The Hall–Kier alpha value is -1.10. The summed E-state index contributed by atoms with van der Waals surface area (Å²) in [6.07, 6.45) is 2.93. The molecule has 0 aromatic rings. The SMILES string of the molecule is CCCC1(C(=O)O)CCCN1CC(=O)NCC. The van der Waals surface area contributed by atoms with E-state index in [1.807, 2.05) is 18.7 Å². The van der Waals surface area contributed by atoms with Gasteiger partial charge in [-0.2, -0.15) is 0 Å². The van der Waals surface area contributed by atoms with Gasteiger partial charge < -0.3 is 10.4 Å². The predicted octanol–water partition coefficient (Wildman–Crippen LogP) is 0.842. The Morgan fingerprint density at radius 1 is 1.41 bits per heavy atom. The van der Waals surface area contributed by atoms with Crippen molar-refractivity contribution in [1.29, 1.82) is 0 Å². The first kappa shape index (κ1) is 14.0. The topological polar surface area (TPSA) is 69.6 Å². The van der Waals surface area contributed by atoms with Crippen molar-refractivity contribution in [2.24, 2.45) is 0 Å². The zero-order chi connectivity index (χ0) is 12.9. The summed E-state index contributed by atoms with van der Waals surface area (Å²) in [6.45, 7) is 5.32. The molecule has 0 bridgehead atoms. The maximum absolute atomic E-state index is 11.6. The maximum atomic E-state index is 11.6. The van der Waals surface area contributed by atoms with Crippen molar-refractivity contribution in [1.82, 2.24) is 10.2 Å². The van der Waals surface area contributed by atoms with Gasteiger partial charge in [-0.05, 0) is 32.7 Å². The lowest BCUT2D eigenvalue weighted by Gasteiger charge is -2.34. The number of carboxylic acids is 1. The second kappa shape index (κ2) is 6.00. The summed E-state index contributed by atoms with van der Waals surface area (Å²) >= 11 is 0. The molecule has 0 saturated carbocycles. The van der Waals surface area contributed by atoms with Crippen LogP contribution in [0.3, 0.4) is 0 Å². The maximum Gasteiger partial charge on any atom is 0.324 e. The lowest BCUT2D eigenvalue weighted by Crippen LogP contribution is -2.53. The van der Waals surface area contributed by atoms with Crippen molar-refractivity contribution in [2.45, 2.75) is 45.1 Å². The van der Waals surface area contributed by atoms with Gasteiger partial charge in [0.25, 0.3) is 0 Å². The molecule has 5 nitrogen and oxygen atoms in total. The van der Waals surface area contributed by atoms with Gasteiger partial charge in [0.1, 0.15) is 5.54 Å². The van der Waals surface area contributed by atoms with Crippen molar-refractivity contribution >= 4 is 11.9 Å². The molecule has 1 rings (SSSR count). The molecule has 1 heterocycles. The normalized spacial score (nSPS) is 24.8. The van der Waals surface area contributed by atoms with Crippen molar-refractivity contribution in [2.75, 3.05) is 19.6 Å². The average Bonchev–Trinajstić information content (AvgIpc) is 2.63. The fraction of sp³-hybridized carbons (Fsp3) is 0.833. The number of carboxylic acid groups (broad SMARTS) is 1. The summed E-state index contributed by atoms with van der Waals surface area (Å²) in [5.41, 5.74) is -0.820. The summed E-state index contributed by atoms with van der Waals surface area (Å²) in [6, 6.07) is 0. The van der Waals surface area contributed by atoms with Gasteiger partial charge in [0.2, 0.25) is 5.91 Å². The molecule has 1 atom stereocenters. The van der Waals surface area contributed by atoms with E-state index in [4.69, 9.17) is 0 Å². The number of hydrogen-bond donors (Lipinski definition) is 2. The van der Waals surface area contributed by atoms with Gasteiger partial charge in [-0.1, -0.05) is 13.3 Å². The van der Waals surface area contributed by atoms with Gasteiger partial charge in [0, 0.05) is 6.54 Å². The third kappa shape index (κ3) is 2.97. The second-order valence-electron chi connectivity index (χ2n) is 4.57. The van der Waals surface area contributed by atoms with Crippen molar-refractivity contribution < 1.29 is 14.7 Å². The number of amides is 1. The monoisotopic (exact) mass is 242 g/mol. The number of nitrogens with one attached hydrogen (secondary N) is 1. The van der Waals surface area contributed by atoms with E-state index in [9.17, 15) is 14.7 Å². The molecule has 0 radical (unpaired) electrons. The van der Waals surface area contributed by atoms with E-state index in [2.05, 4.69) is 5.32 Å². The number of rotatable bonds is 6. The molecule has 0 aromatic carbocycles. The Morgan fingerprint density at radius 2 is 2.12 bits per heavy atom. The first-order valence-corrected chi connectivity index (χ1v) is 6.32. The second-order valence-corrected chi connectivity index (χ2v) is 4.57. The Labute approximate surface area is 102 Å². The van der Waals surface area contributed by atoms with Crippen LogP contribution in [0.1, 0.15) is 39.5 Å². The minimum Gasteiger partial charge on any atom is -0.480 e. The van der Waals surface area contributed by atoms with Crippen LogP contribution >= 0.6 is 0 Å². The first-order chi connectivity index (χ1) is 8.06. The molecule has 98 valence electrons. The Bertz CT molecular complexity index is 293. The third-order valence-electron chi connectivity index (χ3n) is 3.39. The van der Waals surface area contributed by atoms with Gasteiger partial charge >= 0.3 is 5.97 Å². The molecule has 1 saturated heterocycles. The highest BCUT2D eigenvalue weighted by atomic mass is 16.4. The quantitative estimate of drug-likeness (QED) is 0.724. The van der Waals surface area contributed by atoms with Gasteiger partial charge in [0.05, 0.1) is 6.54 Å². The number of hydrogen-bond acceptors (Lipinski definition) is 3. The fourth-order valence-corrected chi connectivity index (χ4v) is 2.64. The molecule has 2 N–H and O–H groups in total. The number of likely N-dealkylation sites (tertiary alicyclic amines) is 1. The zero-order valence-electron chi connectivity index (χ0n) is 10.7. The predicted molar refractivity (Wildman–Crippen MR) is 64.8 cm³/mol. The molecule has 1 fully saturated rings. The highest BCUT2D eigenvalue weighted by molar-refractivity contribution is 5.82. The molecule has 1 unspecified atom stereocenters. The summed E-state index contributed by atoms with van der Waals surface area (Å²) in [7, 11) is 0. The van der Waals surface area contributed by atoms with Gasteiger partial charge in [-0.3, -0.25) is 14.5 Å². The third-order valence-corrected chi connectivity index (χ3v) is 3.39. The summed E-state index contributed by atoms with van der Waals surface area (Å²) in [5.74, 6) is -0.878. The highest BCUT2D eigenvalue weighted by Crippen LogP contribution is 2.33. The number of aliphatic carboxylic acids is 1. The van der Waals surface area contributed by atoms with Crippen LogP contribution in [-0.4, -0.2) is 47.1 Å². The smallest absolute Gasteiger partial charge is 0.324 e. The summed E-state index contributed by atoms with van der Waals surface area (Å²) in [5, 5.41) is 12.2. The van der Waals surface area contributed by atoms with E-state index in [1.165, 1.54) is 0 Å². The molecular weight excluding hydrogens is 220 g/mol. The molecular formula is C12H22N2O3. The van der Waals surface area contributed by atoms with Crippen molar-refractivity contribution in [3.05, 3.63) is 0 Å². The molecule has 0 aromatic heterocycles. The van der Waals surface area contributed by atoms with Crippen LogP contribution < -0.4 is 5.32 Å². The molecule has 0 spiro atoms. The van der Waals surface area contributed by atoms with Crippen LogP contribution in [0.4, 0.5) is 0 Å². The Balaban J connectivity index is 2.74. The number of likely N-dealkylation sites (N-methyl/N-ethyl adjacent to an activating group) is 1. The zero-order valence-corrected chi connectivity index (χ0v) is 10.7. The van der Waals surface area contributed by atoms with E-state index in [-0.39, 0.29) is 12.5 Å². The molecule has 0 aliphatic carbocycles. The molecule has 17 heavy (non-hydrogen) atoms. The lowest BCUT2D eigenvalue weighted by molar-refractivity contribution is -0.151. The standard InChI is InChI=1S/C12H22N2O3/c1-3-6-12(11(16)17)7-5-8-14(12)9-10(15)13-4-2/h3-9H2,1-2H3,(H,13,15)(H,16,17). The van der Waals surface area contributed by atoms with Gasteiger partial charge in [0.15, 0.2) is 0 Å². The summed E-state index contributed by atoms with van der Waals surface area (Å²) < 4.78 is 0. The van der Waals surface area contributed by atoms with Crippen LogP contribution in [0.5, 0.6) is 0 Å². The van der Waals surface area contributed by atoms with E-state index in [0.29, 0.717) is 25.9 Å². The minimum absolute atomic E-state index is 0.0869. The van der Waals surface area contributed by atoms with E-state index in [0.717, 1.165) is 12.8 Å². The van der Waals surface area contributed by atoms with Crippen LogP contribution in [-0.2, 0) is 9.59 Å². The van der Waals surface area contributed by atoms with E-state index >= 15 is 0 Å². The van der Waals surface area contributed by atoms with Gasteiger partial charge in [-0.25, -0.2) is 0 Å². The molecule has 5 heteroatoms. The number of carbonyl (C=O) groups is 2. The summed E-state index contributed by atoms with van der Waals surface area (Å²) in [4.78, 5) is 24.9. The number of carbonyl (C=O) groups excluding carboxylic acids is 1. The van der Waals surface area contributed by atoms with Crippen molar-refractivity contribution in [3.8, 4) is 0 Å². The number of nitrogens with zero attached hydrogens (tertiary/aromatic N) is 1. The first-order valence-electron chi connectivity index (χ1n) is 6.32. The fourth-order valence-electron chi connectivity index (χ4n) is 2.64. The highest BCUT2D eigenvalue weighted by Gasteiger charge is 2.47. The minimum atomic E-state index is -0.820. The van der Waals surface area contributed by atoms with Gasteiger partial charge in [-0.15, -0.1) is 0 Å². The van der Waals surface area contributed by atoms with Crippen LogP contribution in [0.15, 0.2) is 0 Å². The molecule has 1 aliphatic rings. The van der Waals surface area contributed by atoms with E-state index < -0.39 is 11.5 Å². The van der Waals surface area contributed by atoms with E-state index in [1.54, 1.807) is 0 Å². The molecule has 1 aliphatic heterocycles. The Kier molecular flexibility index (Phi) is 4.93. The molecule has 1 amide bonds. The Morgan fingerprint density at radius 3 is 2.65 bits per heavy atom.